The molecule has 1 heterocycles. The molecule has 1 aromatic carbocycles. The van der Waals surface area contributed by atoms with Gasteiger partial charge in [-0.1, -0.05) is 31.9 Å². The predicted molar refractivity (Wildman–Crippen MR) is 86.5 cm³/mol. The number of aliphatic hydroxyl groups is 1. The van der Waals surface area contributed by atoms with Gasteiger partial charge in [0, 0.05) is 12.6 Å². The van der Waals surface area contributed by atoms with Gasteiger partial charge in [0.05, 0.1) is 5.69 Å². The highest BCUT2D eigenvalue weighted by atomic mass is 16.5. The number of anilines is 1. The molecule has 1 saturated heterocycles. The first-order valence-electron chi connectivity index (χ1n) is 8.10. The summed E-state index contributed by atoms with van der Waals surface area (Å²) >= 11 is 0. The average Bonchev–Trinajstić information content (AvgIpc) is 2.49. The molecule has 0 aromatic heterocycles. The maximum atomic E-state index is 10.2. The lowest BCUT2D eigenvalue weighted by Crippen LogP contribution is -2.45. The van der Waals surface area contributed by atoms with Crippen LogP contribution in [0.2, 0.25) is 0 Å². The molecule has 1 aliphatic rings. The molecule has 0 radical (unpaired) electrons. The molecule has 2 unspecified atom stereocenters. The third-order valence-corrected chi connectivity index (χ3v) is 4.17. The van der Waals surface area contributed by atoms with Crippen molar-refractivity contribution in [2.24, 2.45) is 0 Å². The highest BCUT2D eigenvalue weighted by molar-refractivity contribution is 5.51. The number of piperidine rings is 1. The Morgan fingerprint density at radius 2 is 2.19 bits per heavy atom. The summed E-state index contributed by atoms with van der Waals surface area (Å²) in [4.78, 5) is 2.43. The van der Waals surface area contributed by atoms with E-state index in [1.165, 1.54) is 32.1 Å². The summed E-state index contributed by atoms with van der Waals surface area (Å²) in [6.45, 7) is 4.31. The second-order valence-electron chi connectivity index (χ2n) is 5.94. The summed E-state index contributed by atoms with van der Waals surface area (Å²) in [6.07, 6.45) is 5.76. The molecule has 0 amide bonds. The zero-order chi connectivity index (χ0) is 15.1. The SMILES string of the molecule is CCCC1CCCCN1CC(O)COc1ccccc1N. The molecule has 0 aliphatic carbocycles. The molecule has 1 fully saturated rings. The minimum Gasteiger partial charge on any atom is -0.489 e. The van der Waals surface area contributed by atoms with E-state index >= 15 is 0 Å². The molecule has 0 spiro atoms. The van der Waals surface area contributed by atoms with E-state index in [0.29, 0.717) is 30.6 Å². The summed E-state index contributed by atoms with van der Waals surface area (Å²) in [5.41, 5.74) is 6.45. The van der Waals surface area contributed by atoms with Gasteiger partial charge in [-0.2, -0.15) is 0 Å². The highest BCUT2D eigenvalue weighted by Gasteiger charge is 2.23. The first-order chi connectivity index (χ1) is 10.2. The van der Waals surface area contributed by atoms with Gasteiger partial charge >= 0.3 is 0 Å². The third kappa shape index (κ3) is 4.90. The predicted octanol–water partition coefficient (Wildman–Crippen LogP) is 2.66. The number of hydrogen-bond acceptors (Lipinski definition) is 4. The van der Waals surface area contributed by atoms with Crippen molar-refractivity contribution in [1.82, 2.24) is 4.90 Å². The number of ether oxygens (including phenoxy) is 1. The van der Waals surface area contributed by atoms with Gasteiger partial charge in [0.1, 0.15) is 18.5 Å². The highest BCUT2D eigenvalue weighted by Crippen LogP contribution is 2.22. The Morgan fingerprint density at radius 3 is 2.95 bits per heavy atom. The Bertz CT molecular complexity index is 423. The van der Waals surface area contributed by atoms with Crippen molar-refractivity contribution < 1.29 is 9.84 Å². The van der Waals surface area contributed by atoms with Crippen LogP contribution in [0, 0.1) is 0 Å². The van der Waals surface area contributed by atoms with Crippen molar-refractivity contribution in [3.63, 3.8) is 0 Å². The van der Waals surface area contributed by atoms with Crippen LogP contribution in [0.15, 0.2) is 24.3 Å². The van der Waals surface area contributed by atoms with Crippen LogP contribution >= 0.6 is 0 Å². The summed E-state index contributed by atoms with van der Waals surface area (Å²) in [6, 6.07) is 8.04. The minimum atomic E-state index is -0.470. The molecule has 1 aromatic rings. The number of para-hydroxylation sites is 2. The molecule has 0 saturated carbocycles. The minimum absolute atomic E-state index is 0.295. The standard InChI is InChI=1S/C17H28N2O2/c1-2-7-14-8-5-6-11-19(14)12-15(20)13-21-17-10-4-3-9-16(17)18/h3-4,9-10,14-15,20H,2,5-8,11-13,18H2,1H3. The van der Waals surface area contributed by atoms with E-state index in [9.17, 15) is 5.11 Å². The van der Waals surface area contributed by atoms with Crippen LogP contribution in [-0.4, -0.2) is 41.8 Å². The van der Waals surface area contributed by atoms with Gasteiger partial charge in [-0.15, -0.1) is 0 Å². The molecule has 0 bridgehead atoms. The Labute approximate surface area is 127 Å². The molecule has 1 aliphatic heterocycles. The van der Waals surface area contributed by atoms with Gasteiger partial charge in [0.25, 0.3) is 0 Å². The van der Waals surface area contributed by atoms with Gasteiger partial charge in [-0.3, -0.25) is 4.90 Å². The molecule has 2 atom stereocenters. The lowest BCUT2D eigenvalue weighted by atomic mass is 9.98. The van der Waals surface area contributed by atoms with Crippen LogP contribution in [0.25, 0.3) is 0 Å². The van der Waals surface area contributed by atoms with Gasteiger partial charge < -0.3 is 15.6 Å². The molecule has 4 nitrogen and oxygen atoms in total. The summed E-state index contributed by atoms with van der Waals surface area (Å²) in [5.74, 6) is 0.653. The number of nitrogen functional groups attached to an aromatic ring is 1. The molecule has 2 rings (SSSR count). The Morgan fingerprint density at radius 1 is 1.38 bits per heavy atom. The van der Waals surface area contributed by atoms with Crippen LogP contribution in [0.3, 0.4) is 0 Å². The molecule has 3 N–H and O–H groups in total. The number of nitrogens with zero attached hydrogens (tertiary/aromatic N) is 1. The molecule has 21 heavy (non-hydrogen) atoms. The second kappa shape index (κ2) is 8.25. The van der Waals surface area contributed by atoms with Gasteiger partial charge in [-0.05, 0) is 37.9 Å². The maximum Gasteiger partial charge on any atom is 0.142 e. The first kappa shape index (κ1) is 16.1. The van der Waals surface area contributed by atoms with Crippen molar-refractivity contribution in [2.75, 3.05) is 25.4 Å². The van der Waals surface area contributed by atoms with Crippen LogP contribution in [0.5, 0.6) is 5.75 Å². The number of rotatable bonds is 7. The number of nitrogens with two attached hydrogens (primary N) is 1. The largest absolute Gasteiger partial charge is 0.489 e. The monoisotopic (exact) mass is 292 g/mol. The quantitative estimate of drug-likeness (QED) is 0.759. The fraction of sp³-hybridized carbons (Fsp3) is 0.647. The van der Waals surface area contributed by atoms with Gasteiger partial charge in [0.2, 0.25) is 0 Å². The second-order valence-corrected chi connectivity index (χ2v) is 5.94. The van der Waals surface area contributed by atoms with E-state index in [2.05, 4.69) is 11.8 Å². The van der Waals surface area contributed by atoms with E-state index in [1.54, 1.807) is 0 Å². The number of hydrogen-bond donors (Lipinski definition) is 2. The van der Waals surface area contributed by atoms with E-state index in [0.717, 1.165) is 6.54 Å². The Balaban J connectivity index is 1.80. The summed E-state index contributed by atoms with van der Waals surface area (Å²) < 4.78 is 5.63. The fourth-order valence-electron chi connectivity index (χ4n) is 3.08. The lowest BCUT2D eigenvalue weighted by molar-refractivity contribution is 0.0376. The zero-order valence-corrected chi connectivity index (χ0v) is 13.0. The molecular formula is C17H28N2O2. The van der Waals surface area contributed by atoms with Crippen molar-refractivity contribution in [3.8, 4) is 5.75 Å². The molecule has 118 valence electrons. The zero-order valence-electron chi connectivity index (χ0n) is 13.0. The normalized spacial score (nSPS) is 21.1. The fourth-order valence-corrected chi connectivity index (χ4v) is 3.08. The van der Waals surface area contributed by atoms with Gasteiger partial charge in [-0.25, -0.2) is 0 Å². The van der Waals surface area contributed by atoms with Crippen LogP contribution in [0.4, 0.5) is 5.69 Å². The first-order valence-corrected chi connectivity index (χ1v) is 8.10. The summed E-state index contributed by atoms with van der Waals surface area (Å²) in [5, 5.41) is 10.2. The van der Waals surface area contributed by atoms with Gasteiger partial charge in [0.15, 0.2) is 0 Å². The Hall–Kier alpha value is -1.26. The smallest absolute Gasteiger partial charge is 0.142 e. The molecule has 4 heteroatoms. The van der Waals surface area contributed by atoms with Crippen LogP contribution < -0.4 is 10.5 Å². The number of aliphatic hydroxyl groups excluding tert-OH is 1. The van der Waals surface area contributed by atoms with E-state index in [-0.39, 0.29) is 0 Å². The van der Waals surface area contributed by atoms with E-state index in [1.807, 2.05) is 24.3 Å². The lowest BCUT2D eigenvalue weighted by Gasteiger charge is -2.36. The number of β-amino-alcohol motifs (C(OH)–C–C–N with tert-alkyl or cyclic N) is 1. The van der Waals surface area contributed by atoms with Crippen molar-refractivity contribution in [3.05, 3.63) is 24.3 Å². The van der Waals surface area contributed by atoms with Crippen molar-refractivity contribution in [1.29, 1.82) is 0 Å². The van der Waals surface area contributed by atoms with E-state index in [4.69, 9.17) is 10.5 Å². The van der Waals surface area contributed by atoms with Crippen LogP contribution in [0.1, 0.15) is 39.0 Å². The molecular weight excluding hydrogens is 264 g/mol. The average molecular weight is 292 g/mol. The maximum absolute atomic E-state index is 10.2. The third-order valence-electron chi connectivity index (χ3n) is 4.17. The number of likely N-dealkylation sites (tertiary alicyclic amines) is 1. The van der Waals surface area contributed by atoms with E-state index < -0.39 is 6.10 Å². The van der Waals surface area contributed by atoms with Crippen molar-refractivity contribution in [2.45, 2.75) is 51.2 Å². The van der Waals surface area contributed by atoms with Crippen LogP contribution in [-0.2, 0) is 0 Å². The number of benzene rings is 1. The summed E-state index contributed by atoms with van der Waals surface area (Å²) in [7, 11) is 0. The Kier molecular flexibility index (Phi) is 6.33. The van der Waals surface area contributed by atoms with Crippen molar-refractivity contribution >= 4 is 5.69 Å². The topological polar surface area (TPSA) is 58.7 Å².